The first-order chi connectivity index (χ1) is 17.2. The Labute approximate surface area is 217 Å². The van der Waals surface area contributed by atoms with E-state index in [0.717, 1.165) is 22.2 Å². The number of carbonyl (C=O) groups excluding carboxylic acids is 4. The largest absolute Gasteiger partial charge is 0.490 e. The number of halogens is 1. The molecule has 0 bridgehead atoms. The topological polar surface area (TPSA) is 111 Å². The Morgan fingerprint density at radius 3 is 2.53 bits per heavy atom. The maximum atomic E-state index is 12.6. The molecule has 0 atom stereocenters. The summed E-state index contributed by atoms with van der Waals surface area (Å²) in [6.07, 6.45) is 1.52. The van der Waals surface area contributed by atoms with Crippen molar-refractivity contribution in [2.75, 3.05) is 31.7 Å². The van der Waals surface area contributed by atoms with E-state index in [4.69, 9.17) is 25.8 Å². The fourth-order valence-electron chi connectivity index (χ4n) is 3.14. The molecular weight excluding hydrogens is 508 g/mol. The highest BCUT2D eigenvalue weighted by atomic mass is 35.5. The van der Waals surface area contributed by atoms with Crippen LogP contribution in [0.15, 0.2) is 41.3 Å². The summed E-state index contributed by atoms with van der Waals surface area (Å²) in [6, 6.07) is 10.1. The van der Waals surface area contributed by atoms with Crippen molar-refractivity contribution in [1.82, 2.24) is 4.90 Å². The number of amides is 3. The second-order valence-corrected chi connectivity index (χ2v) is 8.91. The average molecular weight is 533 g/mol. The summed E-state index contributed by atoms with van der Waals surface area (Å²) in [5, 5.41) is 2.71. The highest BCUT2D eigenvalue weighted by Gasteiger charge is 2.36. The molecule has 1 saturated heterocycles. The summed E-state index contributed by atoms with van der Waals surface area (Å²) >= 11 is 6.83. The molecule has 0 unspecified atom stereocenters. The van der Waals surface area contributed by atoms with Crippen molar-refractivity contribution in [3.05, 3.63) is 57.5 Å². The maximum absolute atomic E-state index is 12.6. The quantitative estimate of drug-likeness (QED) is 0.347. The fourth-order valence-corrected chi connectivity index (χ4v) is 4.16. The minimum absolute atomic E-state index is 0.154. The Balaban J connectivity index is 1.69. The third-order valence-electron chi connectivity index (χ3n) is 4.85. The third-order valence-corrected chi connectivity index (χ3v) is 6.16. The van der Waals surface area contributed by atoms with Gasteiger partial charge in [0.15, 0.2) is 18.1 Å². The van der Waals surface area contributed by atoms with Crippen molar-refractivity contribution in [3.8, 4) is 11.5 Å². The first kappa shape index (κ1) is 27.1. The number of rotatable bonds is 10. The third kappa shape index (κ3) is 7.02. The van der Waals surface area contributed by atoms with Gasteiger partial charge in [-0.15, -0.1) is 0 Å². The molecule has 9 nitrogen and oxygen atoms in total. The second-order valence-electron chi connectivity index (χ2n) is 7.51. The number of ether oxygens (including phenoxy) is 3. The minimum atomic E-state index is -0.657. The molecular formula is C25H25ClN2O7S. The van der Waals surface area contributed by atoms with Crippen LogP contribution in [-0.4, -0.2) is 54.3 Å². The van der Waals surface area contributed by atoms with Crippen molar-refractivity contribution in [3.63, 3.8) is 0 Å². The van der Waals surface area contributed by atoms with Crippen molar-refractivity contribution in [2.24, 2.45) is 0 Å². The number of esters is 1. The van der Waals surface area contributed by atoms with E-state index >= 15 is 0 Å². The van der Waals surface area contributed by atoms with Gasteiger partial charge in [-0.2, -0.15) is 0 Å². The number of carbonyl (C=O) groups is 4. The summed E-state index contributed by atoms with van der Waals surface area (Å²) in [6.45, 7) is 5.09. The number of hydrogen-bond donors (Lipinski definition) is 1. The number of anilines is 1. The Morgan fingerprint density at radius 2 is 1.83 bits per heavy atom. The van der Waals surface area contributed by atoms with Gasteiger partial charge >= 0.3 is 5.97 Å². The van der Waals surface area contributed by atoms with Gasteiger partial charge in [0.05, 0.1) is 18.1 Å². The Kier molecular flexibility index (Phi) is 9.38. The maximum Gasteiger partial charge on any atom is 0.326 e. The smallest absolute Gasteiger partial charge is 0.326 e. The molecule has 0 aliphatic carbocycles. The highest BCUT2D eigenvalue weighted by molar-refractivity contribution is 8.18. The van der Waals surface area contributed by atoms with Crippen LogP contribution >= 0.6 is 23.4 Å². The van der Waals surface area contributed by atoms with Crippen LogP contribution in [0.4, 0.5) is 10.5 Å². The number of benzene rings is 2. The van der Waals surface area contributed by atoms with Crippen LogP contribution in [0.3, 0.4) is 0 Å². The lowest BCUT2D eigenvalue weighted by Crippen LogP contribution is -2.34. The molecule has 1 aliphatic rings. The summed E-state index contributed by atoms with van der Waals surface area (Å²) in [4.78, 5) is 49.8. The van der Waals surface area contributed by atoms with Gasteiger partial charge in [0.2, 0.25) is 0 Å². The summed E-state index contributed by atoms with van der Waals surface area (Å²) in [5.74, 6) is -0.915. The number of aryl methyl sites for hydroxylation is 1. The van der Waals surface area contributed by atoms with E-state index in [1.807, 2.05) is 6.92 Å². The van der Waals surface area contributed by atoms with Crippen molar-refractivity contribution in [2.45, 2.75) is 20.8 Å². The fraction of sp³-hybridized carbons (Fsp3) is 0.280. The van der Waals surface area contributed by atoms with Crippen LogP contribution in [0.5, 0.6) is 11.5 Å². The lowest BCUT2D eigenvalue weighted by atomic mass is 10.2. The number of hydrogen-bond acceptors (Lipinski definition) is 8. The van der Waals surface area contributed by atoms with E-state index in [1.54, 1.807) is 50.2 Å². The standard InChI is InChI=1S/C25H25ClN2O7S/c1-4-33-20-10-16(11-21-24(31)28(25(32)36-21)13-23(30)34-5-2)7-9-19(20)35-14-22(29)27-17-8-6-15(3)18(26)12-17/h6-12H,4-5,13-14H2,1-3H3,(H,27,29)/b21-11-. The first-order valence-electron chi connectivity index (χ1n) is 11.1. The number of nitrogens with one attached hydrogen (secondary N) is 1. The monoisotopic (exact) mass is 532 g/mol. The van der Waals surface area contributed by atoms with E-state index in [9.17, 15) is 19.2 Å². The molecule has 3 amide bonds. The lowest BCUT2D eigenvalue weighted by molar-refractivity contribution is -0.146. The van der Waals surface area contributed by atoms with Gasteiger partial charge in [0.25, 0.3) is 17.1 Å². The molecule has 0 radical (unpaired) electrons. The highest BCUT2D eigenvalue weighted by Crippen LogP contribution is 2.34. The molecule has 1 aliphatic heterocycles. The van der Waals surface area contributed by atoms with E-state index < -0.39 is 23.7 Å². The molecule has 190 valence electrons. The van der Waals surface area contributed by atoms with E-state index in [2.05, 4.69) is 5.32 Å². The Bertz CT molecular complexity index is 1210. The number of nitrogens with zero attached hydrogens (tertiary/aromatic N) is 1. The molecule has 1 N–H and O–H groups in total. The predicted molar refractivity (Wildman–Crippen MR) is 137 cm³/mol. The molecule has 0 saturated carbocycles. The molecule has 0 spiro atoms. The Morgan fingerprint density at radius 1 is 1.06 bits per heavy atom. The van der Waals surface area contributed by atoms with Crippen LogP contribution in [0, 0.1) is 6.92 Å². The first-order valence-corrected chi connectivity index (χ1v) is 12.3. The van der Waals surface area contributed by atoms with Crippen LogP contribution in [0.25, 0.3) is 6.08 Å². The van der Waals surface area contributed by atoms with E-state index in [-0.39, 0.29) is 24.0 Å². The molecule has 3 rings (SSSR count). The van der Waals surface area contributed by atoms with Crippen LogP contribution < -0.4 is 14.8 Å². The summed E-state index contributed by atoms with van der Waals surface area (Å²) in [7, 11) is 0. The summed E-state index contributed by atoms with van der Waals surface area (Å²) < 4.78 is 16.1. The van der Waals surface area contributed by atoms with Crippen LogP contribution in [0.2, 0.25) is 5.02 Å². The van der Waals surface area contributed by atoms with Gasteiger partial charge in [-0.1, -0.05) is 23.7 Å². The van der Waals surface area contributed by atoms with Gasteiger partial charge in [-0.3, -0.25) is 24.1 Å². The van der Waals surface area contributed by atoms with E-state index in [1.165, 1.54) is 6.08 Å². The van der Waals surface area contributed by atoms with Crippen molar-refractivity contribution in [1.29, 1.82) is 0 Å². The zero-order valence-corrected chi connectivity index (χ0v) is 21.5. The van der Waals surface area contributed by atoms with E-state index in [0.29, 0.717) is 34.4 Å². The van der Waals surface area contributed by atoms with Crippen molar-refractivity contribution >= 4 is 58.1 Å². The van der Waals surface area contributed by atoms with Gasteiger partial charge in [0, 0.05) is 10.7 Å². The zero-order valence-electron chi connectivity index (χ0n) is 20.0. The summed E-state index contributed by atoms with van der Waals surface area (Å²) in [5.41, 5.74) is 2.03. The second kappa shape index (κ2) is 12.5. The SMILES string of the molecule is CCOC(=O)CN1C(=O)S/C(=C\c2ccc(OCC(=O)Nc3ccc(C)c(Cl)c3)c(OCC)c2)C1=O. The molecule has 2 aromatic rings. The molecule has 36 heavy (non-hydrogen) atoms. The molecule has 2 aromatic carbocycles. The Hall–Kier alpha value is -3.50. The minimum Gasteiger partial charge on any atom is -0.490 e. The van der Waals surface area contributed by atoms with Crippen LogP contribution in [-0.2, 0) is 19.1 Å². The lowest BCUT2D eigenvalue weighted by Gasteiger charge is -2.13. The number of thioether (sulfide) groups is 1. The van der Waals surface area contributed by atoms with Gasteiger partial charge in [-0.05, 0) is 74.0 Å². The van der Waals surface area contributed by atoms with Gasteiger partial charge in [0.1, 0.15) is 6.54 Å². The number of imide groups is 1. The zero-order chi connectivity index (χ0) is 26.2. The average Bonchev–Trinajstić information content (AvgIpc) is 3.08. The molecule has 1 heterocycles. The molecule has 0 aromatic heterocycles. The predicted octanol–water partition coefficient (Wildman–Crippen LogP) is 4.66. The molecule has 1 fully saturated rings. The van der Waals surface area contributed by atoms with Gasteiger partial charge in [-0.25, -0.2) is 0 Å². The molecule has 11 heteroatoms. The van der Waals surface area contributed by atoms with Gasteiger partial charge < -0.3 is 19.5 Å². The van der Waals surface area contributed by atoms with Crippen LogP contribution in [0.1, 0.15) is 25.0 Å². The van der Waals surface area contributed by atoms with Crippen molar-refractivity contribution < 1.29 is 33.4 Å². The normalized spacial score (nSPS) is 14.2.